The normalized spacial score (nSPS) is 13.6. The minimum absolute atomic E-state index is 0.0614. The number of hydrogen-bond acceptors (Lipinski definition) is 5. The Morgan fingerprint density at radius 1 is 1.20 bits per heavy atom. The molecule has 0 radical (unpaired) electrons. The Hall–Kier alpha value is -1.14. The summed E-state index contributed by atoms with van der Waals surface area (Å²) in [6.45, 7) is 7.75. The molecule has 0 bridgehead atoms. The van der Waals surface area contributed by atoms with Crippen molar-refractivity contribution >= 4 is 11.9 Å². The zero-order valence-electron chi connectivity index (χ0n) is 12.9. The van der Waals surface area contributed by atoms with Crippen LogP contribution >= 0.6 is 0 Å². The Balaban J connectivity index is 4.07. The van der Waals surface area contributed by atoms with Crippen molar-refractivity contribution in [3.05, 3.63) is 0 Å². The predicted octanol–water partition coefficient (Wildman–Crippen LogP) is 1.62. The molecule has 0 fully saturated rings. The van der Waals surface area contributed by atoms with Gasteiger partial charge in [-0.15, -0.1) is 0 Å². The van der Waals surface area contributed by atoms with Gasteiger partial charge in [-0.1, -0.05) is 19.8 Å². The van der Waals surface area contributed by atoms with E-state index in [2.05, 4.69) is 12.2 Å². The molecule has 20 heavy (non-hydrogen) atoms. The molecule has 0 heterocycles. The van der Waals surface area contributed by atoms with Crippen LogP contribution in [0.2, 0.25) is 0 Å². The maximum atomic E-state index is 10.8. The lowest BCUT2D eigenvalue weighted by atomic mass is 10.3. The quantitative estimate of drug-likeness (QED) is 0.355. The Morgan fingerprint density at radius 3 is 2.45 bits per heavy atom. The van der Waals surface area contributed by atoms with E-state index in [1.807, 2.05) is 6.92 Å². The molecule has 2 atom stereocenters. The predicted molar refractivity (Wildman–Crippen MR) is 75.1 cm³/mol. The van der Waals surface area contributed by atoms with Crippen molar-refractivity contribution < 1.29 is 23.8 Å². The van der Waals surface area contributed by atoms with E-state index in [4.69, 9.17) is 14.2 Å². The van der Waals surface area contributed by atoms with Crippen LogP contribution < -0.4 is 5.32 Å². The van der Waals surface area contributed by atoms with Gasteiger partial charge in [-0.25, -0.2) is 0 Å². The van der Waals surface area contributed by atoms with Crippen molar-refractivity contribution in [2.24, 2.45) is 0 Å². The summed E-state index contributed by atoms with van der Waals surface area (Å²) in [5.74, 6) is -0.480. The first kappa shape index (κ1) is 18.9. The third-order valence-corrected chi connectivity index (χ3v) is 2.50. The van der Waals surface area contributed by atoms with Crippen molar-refractivity contribution in [1.29, 1.82) is 0 Å². The van der Waals surface area contributed by atoms with E-state index >= 15 is 0 Å². The van der Waals surface area contributed by atoms with E-state index in [9.17, 15) is 9.59 Å². The van der Waals surface area contributed by atoms with Crippen LogP contribution in [0.3, 0.4) is 0 Å². The molecule has 0 aromatic heterocycles. The zero-order valence-corrected chi connectivity index (χ0v) is 12.9. The van der Waals surface area contributed by atoms with Crippen LogP contribution in [-0.4, -0.2) is 44.0 Å². The lowest BCUT2D eigenvalue weighted by Gasteiger charge is -2.22. The summed E-state index contributed by atoms with van der Waals surface area (Å²) in [5.41, 5.74) is 0. The summed E-state index contributed by atoms with van der Waals surface area (Å²) in [7, 11) is 0. The molecule has 0 saturated carbocycles. The summed E-state index contributed by atoms with van der Waals surface area (Å²) >= 11 is 0. The molecule has 1 amide bonds. The first-order valence-corrected chi connectivity index (χ1v) is 7.10. The summed E-state index contributed by atoms with van der Waals surface area (Å²) < 4.78 is 16.1. The summed E-state index contributed by atoms with van der Waals surface area (Å²) in [4.78, 5) is 21.7. The number of carbonyl (C=O) groups is 2. The lowest BCUT2D eigenvalue weighted by Crippen LogP contribution is -2.35. The molecule has 0 aliphatic heterocycles. The monoisotopic (exact) mass is 289 g/mol. The van der Waals surface area contributed by atoms with Crippen LogP contribution in [0.5, 0.6) is 0 Å². The lowest BCUT2D eigenvalue weighted by molar-refractivity contribution is -0.196. The summed E-state index contributed by atoms with van der Waals surface area (Å²) in [6.07, 6.45) is 2.32. The number of nitrogens with one attached hydrogen (secondary N) is 1. The third-order valence-electron chi connectivity index (χ3n) is 2.50. The standard InChI is InChI=1S/C14H27NO5/c1-5-6-7-8-18-14(10-19-13(4)17)20-11(2)9-15-12(3)16/h11,14H,5-10H2,1-4H3,(H,15,16)/t11-,14?/m1/s1. The SMILES string of the molecule is CCCCCOC(COC(C)=O)O[C@H](C)CNC(C)=O. The zero-order chi connectivity index (χ0) is 15.4. The third kappa shape index (κ3) is 11.9. The van der Waals surface area contributed by atoms with Crippen LogP contribution in [0.1, 0.15) is 47.0 Å². The van der Waals surface area contributed by atoms with E-state index in [1.54, 1.807) is 0 Å². The van der Waals surface area contributed by atoms with Crippen LogP contribution in [-0.2, 0) is 23.8 Å². The maximum Gasteiger partial charge on any atom is 0.302 e. The number of ether oxygens (including phenoxy) is 3. The van der Waals surface area contributed by atoms with Crippen LogP contribution in [0.4, 0.5) is 0 Å². The van der Waals surface area contributed by atoms with Gasteiger partial charge in [-0.2, -0.15) is 0 Å². The molecule has 118 valence electrons. The fourth-order valence-corrected chi connectivity index (χ4v) is 1.47. The van der Waals surface area contributed by atoms with Gasteiger partial charge < -0.3 is 19.5 Å². The minimum atomic E-state index is -0.598. The molecule has 1 N–H and O–H groups in total. The molecule has 0 aliphatic carbocycles. The molecule has 0 spiro atoms. The number of esters is 1. The maximum absolute atomic E-state index is 10.8. The van der Waals surface area contributed by atoms with Crippen LogP contribution in [0, 0.1) is 0 Å². The molecule has 0 aliphatic rings. The van der Waals surface area contributed by atoms with Crippen molar-refractivity contribution in [3.63, 3.8) is 0 Å². The largest absolute Gasteiger partial charge is 0.460 e. The number of unbranched alkanes of at least 4 members (excludes halogenated alkanes) is 2. The smallest absolute Gasteiger partial charge is 0.302 e. The van der Waals surface area contributed by atoms with Crippen molar-refractivity contribution in [1.82, 2.24) is 5.32 Å². The summed E-state index contributed by atoms with van der Waals surface area (Å²) in [5, 5.41) is 2.66. The van der Waals surface area contributed by atoms with Crippen molar-refractivity contribution in [2.75, 3.05) is 19.8 Å². The van der Waals surface area contributed by atoms with E-state index in [1.165, 1.54) is 13.8 Å². The van der Waals surface area contributed by atoms with E-state index in [0.717, 1.165) is 19.3 Å². The van der Waals surface area contributed by atoms with Gasteiger partial charge in [0.05, 0.1) is 6.10 Å². The van der Waals surface area contributed by atoms with Gasteiger partial charge in [-0.05, 0) is 13.3 Å². The highest BCUT2D eigenvalue weighted by Crippen LogP contribution is 2.04. The number of hydrogen-bond donors (Lipinski definition) is 1. The average molecular weight is 289 g/mol. The second kappa shape index (κ2) is 11.7. The van der Waals surface area contributed by atoms with E-state index < -0.39 is 6.29 Å². The minimum Gasteiger partial charge on any atom is -0.460 e. The first-order valence-electron chi connectivity index (χ1n) is 7.10. The highest BCUT2D eigenvalue weighted by molar-refractivity contribution is 5.72. The topological polar surface area (TPSA) is 73.9 Å². The van der Waals surface area contributed by atoms with Gasteiger partial charge in [0.15, 0.2) is 6.29 Å². The van der Waals surface area contributed by atoms with E-state index in [0.29, 0.717) is 13.2 Å². The molecule has 0 saturated heterocycles. The number of rotatable bonds is 11. The van der Waals surface area contributed by atoms with Gasteiger partial charge >= 0.3 is 5.97 Å². The second-order valence-electron chi connectivity index (χ2n) is 4.69. The number of amides is 1. The highest BCUT2D eigenvalue weighted by Gasteiger charge is 2.15. The van der Waals surface area contributed by atoms with Gasteiger partial charge in [0.1, 0.15) is 6.61 Å². The Morgan fingerprint density at radius 2 is 1.90 bits per heavy atom. The van der Waals surface area contributed by atoms with Crippen LogP contribution in [0.15, 0.2) is 0 Å². The molecule has 1 unspecified atom stereocenters. The molecule has 6 heteroatoms. The average Bonchev–Trinajstić information content (AvgIpc) is 2.38. The Labute approximate surface area is 121 Å². The molecule has 0 aromatic rings. The summed E-state index contributed by atoms with van der Waals surface area (Å²) in [6, 6.07) is 0. The molecular formula is C14H27NO5. The fraction of sp³-hybridized carbons (Fsp3) is 0.857. The molecule has 0 aromatic carbocycles. The Bertz CT molecular complexity index is 283. The fourth-order valence-electron chi connectivity index (χ4n) is 1.47. The van der Waals surface area contributed by atoms with Gasteiger partial charge in [0, 0.05) is 27.0 Å². The first-order chi connectivity index (χ1) is 9.45. The molecule has 0 rings (SSSR count). The van der Waals surface area contributed by atoms with Crippen molar-refractivity contribution in [2.45, 2.75) is 59.4 Å². The molecular weight excluding hydrogens is 262 g/mol. The van der Waals surface area contributed by atoms with Gasteiger partial charge in [0.25, 0.3) is 0 Å². The van der Waals surface area contributed by atoms with Crippen molar-refractivity contribution in [3.8, 4) is 0 Å². The van der Waals surface area contributed by atoms with Gasteiger partial charge in [-0.3, -0.25) is 9.59 Å². The highest BCUT2D eigenvalue weighted by atomic mass is 16.7. The van der Waals surface area contributed by atoms with E-state index in [-0.39, 0.29) is 24.6 Å². The number of carbonyl (C=O) groups excluding carboxylic acids is 2. The van der Waals surface area contributed by atoms with Gasteiger partial charge in [0.2, 0.25) is 5.91 Å². The Kier molecular flexibility index (Phi) is 11.0. The second-order valence-corrected chi connectivity index (χ2v) is 4.69. The van der Waals surface area contributed by atoms with Crippen LogP contribution in [0.25, 0.3) is 0 Å². The molecule has 6 nitrogen and oxygen atoms in total.